The summed E-state index contributed by atoms with van der Waals surface area (Å²) in [7, 11) is 0. The van der Waals surface area contributed by atoms with Crippen LogP contribution in [0.2, 0.25) is 0 Å². The Balaban J connectivity index is 0.00000180. The van der Waals surface area contributed by atoms with Gasteiger partial charge in [-0.25, -0.2) is 4.39 Å². The molecular weight excluding hydrogens is 271 g/mol. The van der Waals surface area contributed by atoms with Crippen molar-refractivity contribution in [2.75, 3.05) is 13.1 Å². The number of aliphatic hydroxyl groups is 1. The molecule has 1 aromatic rings. The second kappa shape index (κ2) is 6.84. The zero-order valence-electron chi connectivity index (χ0n) is 10.5. The lowest BCUT2D eigenvalue weighted by atomic mass is 10.0. The first-order valence-corrected chi connectivity index (χ1v) is 6.01. The summed E-state index contributed by atoms with van der Waals surface area (Å²) < 4.78 is 14.1. The number of hydrogen-bond donors (Lipinski definition) is 3. The number of benzene rings is 1. The minimum Gasteiger partial charge on any atom is -0.392 e. The first kappa shape index (κ1) is 15.9. The normalized spacial score (nSPS) is 21.8. The molecule has 1 saturated heterocycles. The number of aliphatic hydroxyl groups excluding tert-OH is 1. The van der Waals surface area contributed by atoms with Crippen molar-refractivity contribution in [2.45, 2.75) is 25.2 Å². The molecule has 0 radical (unpaired) electrons. The number of halogens is 2. The summed E-state index contributed by atoms with van der Waals surface area (Å²) in [6, 6.07) is 7.23. The van der Waals surface area contributed by atoms with E-state index in [-0.39, 0.29) is 38.5 Å². The summed E-state index contributed by atoms with van der Waals surface area (Å²) >= 11 is 0. The zero-order chi connectivity index (χ0) is 13.0. The topological polar surface area (TPSA) is 61.4 Å². The van der Waals surface area contributed by atoms with Crippen molar-refractivity contribution in [1.82, 2.24) is 10.6 Å². The highest BCUT2D eigenvalue weighted by Gasteiger charge is 2.41. The lowest BCUT2D eigenvalue weighted by Gasteiger charge is -2.18. The third-order valence-electron chi connectivity index (χ3n) is 3.24. The molecule has 0 saturated carbocycles. The Morgan fingerprint density at radius 2 is 2.11 bits per heavy atom. The van der Waals surface area contributed by atoms with E-state index in [2.05, 4.69) is 10.6 Å². The number of amides is 1. The standard InChI is InChI=1S/C13H17FN2O2.ClH/c14-13(5-6-15-9-13)12(18)16-7-10-3-1-2-4-11(10)8-17;/h1-4,15,17H,5-9H2,(H,16,18);1H. The van der Waals surface area contributed by atoms with Gasteiger partial charge in [0.05, 0.1) is 6.61 Å². The summed E-state index contributed by atoms with van der Waals surface area (Å²) in [4.78, 5) is 11.8. The van der Waals surface area contributed by atoms with Gasteiger partial charge in [0, 0.05) is 19.5 Å². The lowest BCUT2D eigenvalue weighted by Crippen LogP contribution is -2.44. The average Bonchev–Trinajstić information content (AvgIpc) is 2.84. The van der Waals surface area contributed by atoms with E-state index in [9.17, 15) is 9.18 Å². The molecule has 1 atom stereocenters. The van der Waals surface area contributed by atoms with Gasteiger partial charge in [-0.1, -0.05) is 24.3 Å². The van der Waals surface area contributed by atoms with Gasteiger partial charge in [0.15, 0.2) is 0 Å². The van der Waals surface area contributed by atoms with E-state index in [0.29, 0.717) is 6.54 Å². The summed E-state index contributed by atoms with van der Waals surface area (Å²) in [6.45, 7) is 0.743. The van der Waals surface area contributed by atoms with Gasteiger partial charge in [-0.05, 0) is 17.7 Å². The predicted octanol–water partition coefficient (Wildman–Crippen LogP) is 0.918. The maximum atomic E-state index is 14.1. The predicted molar refractivity (Wildman–Crippen MR) is 72.8 cm³/mol. The molecule has 0 aliphatic carbocycles. The van der Waals surface area contributed by atoms with Crippen LogP contribution in [0.5, 0.6) is 0 Å². The van der Waals surface area contributed by atoms with E-state index in [0.717, 1.165) is 11.1 Å². The molecule has 4 nitrogen and oxygen atoms in total. The first-order valence-electron chi connectivity index (χ1n) is 6.01. The molecule has 1 aliphatic rings. The van der Waals surface area contributed by atoms with Crippen molar-refractivity contribution in [2.24, 2.45) is 0 Å². The van der Waals surface area contributed by atoms with Crippen LogP contribution < -0.4 is 10.6 Å². The molecule has 1 fully saturated rings. The molecule has 1 aliphatic heterocycles. The molecule has 3 N–H and O–H groups in total. The number of nitrogens with one attached hydrogen (secondary N) is 2. The smallest absolute Gasteiger partial charge is 0.259 e. The summed E-state index contributed by atoms with van der Waals surface area (Å²) in [6.07, 6.45) is 0.209. The maximum Gasteiger partial charge on any atom is 0.259 e. The molecule has 0 spiro atoms. The van der Waals surface area contributed by atoms with E-state index >= 15 is 0 Å². The molecule has 6 heteroatoms. The van der Waals surface area contributed by atoms with Gasteiger partial charge in [0.2, 0.25) is 5.67 Å². The quantitative estimate of drug-likeness (QED) is 0.772. The van der Waals surface area contributed by atoms with Gasteiger partial charge in [0.1, 0.15) is 0 Å². The number of hydrogen-bond acceptors (Lipinski definition) is 3. The molecular formula is C13H18ClFN2O2. The Morgan fingerprint density at radius 1 is 1.42 bits per heavy atom. The number of rotatable bonds is 4. The van der Waals surface area contributed by atoms with Crippen molar-refractivity contribution in [3.05, 3.63) is 35.4 Å². The van der Waals surface area contributed by atoms with Gasteiger partial charge in [-0.15, -0.1) is 12.4 Å². The van der Waals surface area contributed by atoms with E-state index in [1.165, 1.54) is 0 Å². The van der Waals surface area contributed by atoms with Crippen LogP contribution in [0.25, 0.3) is 0 Å². The van der Waals surface area contributed by atoms with Gasteiger partial charge in [0.25, 0.3) is 5.91 Å². The highest BCUT2D eigenvalue weighted by molar-refractivity contribution is 5.86. The summed E-state index contributed by atoms with van der Waals surface area (Å²) in [5.74, 6) is -0.583. The van der Waals surface area contributed by atoms with E-state index in [4.69, 9.17) is 5.11 Å². The summed E-state index contributed by atoms with van der Waals surface area (Å²) in [5, 5.41) is 14.6. The van der Waals surface area contributed by atoms with Crippen molar-refractivity contribution in [3.8, 4) is 0 Å². The third kappa shape index (κ3) is 3.65. The van der Waals surface area contributed by atoms with Crippen LogP contribution in [-0.4, -0.2) is 29.8 Å². The molecule has 0 aromatic heterocycles. The minimum absolute atomic E-state index is 0. The molecule has 1 amide bonds. The Labute approximate surface area is 117 Å². The molecule has 1 aromatic carbocycles. The van der Waals surface area contributed by atoms with E-state index in [1.54, 1.807) is 6.07 Å². The van der Waals surface area contributed by atoms with Gasteiger partial charge < -0.3 is 15.7 Å². The van der Waals surface area contributed by atoms with E-state index < -0.39 is 11.6 Å². The Hall–Kier alpha value is -1.17. The van der Waals surface area contributed by atoms with Crippen LogP contribution in [0.1, 0.15) is 17.5 Å². The van der Waals surface area contributed by atoms with Crippen LogP contribution in [0.3, 0.4) is 0 Å². The van der Waals surface area contributed by atoms with E-state index in [1.807, 2.05) is 18.2 Å². The molecule has 19 heavy (non-hydrogen) atoms. The molecule has 106 valence electrons. The highest BCUT2D eigenvalue weighted by atomic mass is 35.5. The maximum absolute atomic E-state index is 14.1. The molecule has 1 unspecified atom stereocenters. The fraction of sp³-hybridized carbons (Fsp3) is 0.462. The van der Waals surface area contributed by atoms with Crippen LogP contribution >= 0.6 is 12.4 Å². The van der Waals surface area contributed by atoms with Crippen molar-refractivity contribution in [1.29, 1.82) is 0 Å². The van der Waals surface area contributed by atoms with Crippen LogP contribution in [0.4, 0.5) is 4.39 Å². The monoisotopic (exact) mass is 288 g/mol. The molecule has 1 heterocycles. The average molecular weight is 289 g/mol. The van der Waals surface area contributed by atoms with Gasteiger partial charge in [-0.3, -0.25) is 4.79 Å². The Morgan fingerprint density at radius 3 is 2.68 bits per heavy atom. The third-order valence-corrected chi connectivity index (χ3v) is 3.24. The van der Waals surface area contributed by atoms with Crippen LogP contribution in [0.15, 0.2) is 24.3 Å². The fourth-order valence-corrected chi connectivity index (χ4v) is 2.07. The number of alkyl halides is 1. The zero-order valence-corrected chi connectivity index (χ0v) is 11.3. The molecule has 2 rings (SSSR count). The lowest BCUT2D eigenvalue weighted by molar-refractivity contribution is -0.131. The van der Waals surface area contributed by atoms with Gasteiger partial charge in [-0.2, -0.15) is 0 Å². The Kier molecular flexibility index (Phi) is 5.72. The first-order chi connectivity index (χ1) is 8.65. The van der Waals surface area contributed by atoms with Gasteiger partial charge >= 0.3 is 0 Å². The minimum atomic E-state index is -1.80. The fourth-order valence-electron chi connectivity index (χ4n) is 2.07. The number of carbonyl (C=O) groups is 1. The largest absolute Gasteiger partial charge is 0.392 e. The van der Waals surface area contributed by atoms with Crippen molar-refractivity contribution in [3.63, 3.8) is 0 Å². The van der Waals surface area contributed by atoms with Crippen molar-refractivity contribution >= 4 is 18.3 Å². The summed E-state index contributed by atoms with van der Waals surface area (Å²) in [5.41, 5.74) is -0.244. The molecule has 0 bridgehead atoms. The van der Waals surface area contributed by atoms with Crippen LogP contribution in [-0.2, 0) is 17.9 Å². The SMILES string of the molecule is Cl.O=C(NCc1ccccc1CO)C1(F)CCNC1. The number of carbonyl (C=O) groups excluding carboxylic acids is 1. The van der Waals surface area contributed by atoms with Crippen LogP contribution in [0, 0.1) is 0 Å². The van der Waals surface area contributed by atoms with Crippen molar-refractivity contribution < 1.29 is 14.3 Å². The second-order valence-electron chi connectivity index (χ2n) is 4.50. The highest BCUT2D eigenvalue weighted by Crippen LogP contribution is 2.20. The second-order valence-corrected chi connectivity index (χ2v) is 4.50. The Bertz CT molecular complexity index is 436.